The molecule has 2 aromatic heterocycles. The third-order valence-electron chi connectivity index (χ3n) is 3.68. The molecule has 0 saturated heterocycles. The molecule has 0 aliphatic carbocycles. The van der Waals surface area contributed by atoms with Gasteiger partial charge >= 0.3 is 5.97 Å². The van der Waals surface area contributed by atoms with Crippen LogP contribution in [-0.4, -0.2) is 25.9 Å². The molecule has 25 heavy (non-hydrogen) atoms. The lowest BCUT2D eigenvalue weighted by Crippen LogP contribution is -2.03. The summed E-state index contributed by atoms with van der Waals surface area (Å²) in [5.41, 5.74) is 3.36. The molecule has 2 heterocycles. The van der Waals surface area contributed by atoms with Crippen LogP contribution in [0.3, 0.4) is 0 Å². The minimum Gasteiger partial charge on any atom is -0.423 e. The van der Waals surface area contributed by atoms with Gasteiger partial charge in [-0.3, -0.25) is 0 Å². The molecule has 7 nitrogen and oxygen atoms in total. The zero-order valence-electron chi connectivity index (χ0n) is 13.1. The Bertz CT molecular complexity index is 1100. The van der Waals surface area contributed by atoms with E-state index in [2.05, 4.69) is 31.8 Å². The summed E-state index contributed by atoms with van der Waals surface area (Å²) in [6.07, 6.45) is 4.22. The van der Waals surface area contributed by atoms with Gasteiger partial charge in [0.2, 0.25) is 0 Å². The zero-order chi connectivity index (χ0) is 17.2. The molecule has 4 rings (SSSR count). The second-order valence-corrected chi connectivity index (χ2v) is 5.29. The van der Waals surface area contributed by atoms with Crippen LogP contribution in [0.15, 0.2) is 61.7 Å². The van der Waals surface area contributed by atoms with Crippen molar-refractivity contribution in [1.82, 2.24) is 19.9 Å². The maximum absolute atomic E-state index is 11.3. The summed E-state index contributed by atoms with van der Waals surface area (Å²) in [6.45, 7) is 3.38. The van der Waals surface area contributed by atoms with Gasteiger partial charge in [0.1, 0.15) is 17.9 Å². The number of rotatable bonds is 4. The van der Waals surface area contributed by atoms with E-state index in [0.717, 1.165) is 28.2 Å². The molecule has 2 aromatic carbocycles. The first kappa shape index (κ1) is 14.8. The number of esters is 1. The highest BCUT2D eigenvalue weighted by atomic mass is 16.5. The van der Waals surface area contributed by atoms with Gasteiger partial charge in [-0.25, -0.2) is 19.7 Å². The fraction of sp³-hybridized carbons (Fsp3) is 0. The number of carbonyl (C=O) groups excluding carboxylic acids is 1. The van der Waals surface area contributed by atoms with Gasteiger partial charge in [-0.15, -0.1) is 0 Å². The predicted molar refractivity (Wildman–Crippen MR) is 94.7 cm³/mol. The number of aromatic nitrogens is 4. The van der Waals surface area contributed by atoms with E-state index in [1.165, 1.54) is 6.33 Å². The second-order valence-electron chi connectivity index (χ2n) is 5.29. The Hall–Kier alpha value is -3.74. The molecule has 2 N–H and O–H groups in total. The van der Waals surface area contributed by atoms with E-state index in [9.17, 15) is 4.79 Å². The second kappa shape index (κ2) is 6.04. The van der Waals surface area contributed by atoms with Gasteiger partial charge in [0.15, 0.2) is 0 Å². The van der Waals surface area contributed by atoms with Gasteiger partial charge in [-0.1, -0.05) is 6.58 Å². The van der Waals surface area contributed by atoms with Crippen molar-refractivity contribution in [3.63, 3.8) is 0 Å². The number of nitrogens with one attached hydrogen (secondary N) is 2. The summed E-state index contributed by atoms with van der Waals surface area (Å²) in [5, 5.41) is 4.09. The molecule has 0 amide bonds. The fourth-order valence-corrected chi connectivity index (χ4v) is 2.51. The topological polar surface area (TPSA) is 92.8 Å². The van der Waals surface area contributed by atoms with Crippen molar-refractivity contribution in [2.75, 3.05) is 5.32 Å². The average Bonchev–Trinajstić information content (AvgIpc) is 3.09. The lowest BCUT2D eigenvalue weighted by molar-refractivity contribution is -0.128. The van der Waals surface area contributed by atoms with Crippen LogP contribution >= 0.6 is 0 Å². The molecule has 0 unspecified atom stereocenters. The van der Waals surface area contributed by atoms with Gasteiger partial charge in [-0.2, -0.15) is 0 Å². The van der Waals surface area contributed by atoms with E-state index < -0.39 is 5.97 Å². The number of aromatic amines is 1. The molecule has 0 saturated carbocycles. The Morgan fingerprint density at radius 3 is 2.92 bits per heavy atom. The van der Waals surface area contributed by atoms with Crippen LogP contribution in [-0.2, 0) is 4.79 Å². The minimum atomic E-state index is -0.514. The summed E-state index contributed by atoms with van der Waals surface area (Å²) in [5.74, 6) is 0.547. The minimum absolute atomic E-state index is 0.404. The van der Waals surface area contributed by atoms with E-state index in [1.54, 1.807) is 24.5 Å². The summed E-state index contributed by atoms with van der Waals surface area (Å²) in [6, 6.07) is 11.0. The molecule has 0 radical (unpaired) electrons. The number of carbonyl (C=O) groups is 1. The Morgan fingerprint density at radius 1 is 1.12 bits per heavy atom. The Labute approximate surface area is 142 Å². The maximum Gasteiger partial charge on any atom is 0.335 e. The number of anilines is 2. The van der Waals surface area contributed by atoms with Crippen molar-refractivity contribution < 1.29 is 9.53 Å². The standard InChI is InChI=1S/C18H13N5O2/c1-2-17(24)25-12-4-5-13-15(8-12)20-10-22-18(13)23-11-3-6-14-16(7-11)21-9-19-14/h2-10H,1H2,(H,19,21)(H,20,22,23). The quantitative estimate of drug-likeness (QED) is 0.338. The van der Waals surface area contributed by atoms with Crippen molar-refractivity contribution in [1.29, 1.82) is 0 Å². The number of H-pyrrole nitrogens is 1. The lowest BCUT2D eigenvalue weighted by atomic mass is 10.2. The SMILES string of the molecule is C=CC(=O)Oc1ccc2c(Nc3ccc4nc[nH]c4c3)ncnc2c1. The van der Waals surface area contributed by atoms with Gasteiger partial charge in [0.25, 0.3) is 0 Å². The van der Waals surface area contributed by atoms with Gasteiger partial charge in [-0.05, 0) is 30.3 Å². The lowest BCUT2D eigenvalue weighted by Gasteiger charge is -2.09. The Balaban J connectivity index is 1.69. The van der Waals surface area contributed by atoms with E-state index in [1.807, 2.05) is 18.2 Å². The molecule has 0 spiro atoms. The molecule has 0 aliphatic heterocycles. The van der Waals surface area contributed by atoms with Gasteiger partial charge in [0.05, 0.1) is 22.9 Å². The number of hydrogen-bond acceptors (Lipinski definition) is 6. The van der Waals surface area contributed by atoms with Crippen molar-refractivity contribution in [2.24, 2.45) is 0 Å². The highest BCUT2D eigenvalue weighted by Gasteiger charge is 2.08. The molecule has 0 atom stereocenters. The molecule has 7 heteroatoms. The predicted octanol–water partition coefficient (Wildman–Crippen LogP) is 3.34. The summed E-state index contributed by atoms with van der Waals surface area (Å²) in [4.78, 5) is 27.1. The number of hydrogen-bond donors (Lipinski definition) is 2. The Morgan fingerprint density at radius 2 is 2.04 bits per heavy atom. The third kappa shape index (κ3) is 2.90. The third-order valence-corrected chi connectivity index (χ3v) is 3.68. The Kier molecular flexibility index (Phi) is 3.59. The van der Waals surface area contributed by atoms with Crippen LogP contribution in [0, 0.1) is 0 Å². The highest BCUT2D eigenvalue weighted by Crippen LogP contribution is 2.27. The largest absolute Gasteiger partial charge is 0.423 e. The van der Waals surface area contributed by atoms with Crippen LogP contribution in [0.25, 0.3) is 21.9 Å². The van der Waals surface area contributed by atoms with Gasteiger partial charge < -0.3 is 15.0 Å². The number of benzene rings is 2. The molecule has 4 aromatic rings. The first-order valence-electron chi connectivity index (χ1n) is 7.52. The summed E-state index contributed by atoms with van der Waals surface area (Å²) in [7, 11) is 0. The molecule has 122 valence electrons. The average molecular weight is 331 g/mol. The van der Waals surface area contributed by atoms with Crippen molar-refractivity contribution in [3.05, 3.63) is 61.7 Å². The van der Waals surface area contributed by atoms with Crippen LogP contribution in [0.2, 0.25) is 0 Å². The van der Waals surface area contributed by atoms with Crippen molar-refractivity contribution in [2.45, 2.75) is 0 Å². The maximum atomic E-state index is 11.3. The zero-order valence-corrected chi connectivity index (χ0v) is 13.1. The number of ether oxygens (including phenoxy) is 1. The van der Waals surface area contributed by atoms with E-state index >= 15 is 0 Å². The molecule has 0 aliphatic rings. The van der Waals surface area contributed by atoms with Crippen LogP contribution in [0.1, 0.15) is 0 Å². The highest BCUT2D eigenvalue weighted by molar-refractivity contribution is 5.93. The van der Waals surface area contributed by atoms with E-state index in [4.69, 9.17) is 4.74 Å². The molecular weight excluding hydrogens is 318 g/mol. The number of fused-ring (bicyclic) bond motifs is 2. The monoisotopic (exact) mass is 331 g/mol. The van der Waals surface area contributed by atoms with Crippen LogP contribution in [0.4, 0.5) is 11.5 Å². The smallest absolute Gasteiger partial charge is 0.335 e. The van der Waals surface area contributed by atoms with Crippen LogP contribution in [0.5, 0.6) is 5.75 Å². The first-order valence-corrected chi connectivity index (χ1v) is 7.52. The van der Waals surface area contributed by atoms with E-state index in [-0.39, 0.29) is 0 Å². The summed E-state index contributed by atoms with van der Waals surface area (Å²) < 4.78 is 5.12. The molecule has 0 fully saturated rings. The van der Waals surface area contributed by atoms with E-state index in [0.29, 0.717) is 17.1 Å². The van der Waals surface area contributed by atoms with Crippen LogP contribution < -0.4 is 10.1 Å². The van der Waals surface area contributed by atoms with Gasteiger partial charge in [0, 0.05) is 23.2 Å². The first-order chi connectivity index (χ1) is 12.2. The molecular formula is C18H13N5O2. The van der Waals surface area contributed by atoms with Crippen molar-refractivity contribution in [3.8, 4) is 5.75 Å². The number of nitrogens with zero attached hydrogens (tertiary/aromatic N) is 3. The summed E-state index contributed by atoms with van der Waals surface area (Å²) >= 11 is 0. The van der Waals surface area contributed by atoms with Crippen molar-refractivity contribution >= 4 is 39.4 Å². The molecule has 0 bridgehead atoms. The normalized spacial score (nSPS) is 10.7. The number of imidazole rings is 1. The fourth-order valence-electron chi connectivity index (χ4n) is 2.51.